The average molecular weight is 817 g/mol. The number of anilines is 4. The molecule has 2 aromatic heterocycles. The van der Waals surface area contributed by atoms with Crippen molar-refractivity contribution in [3.8, 4) is 17.3 Å². The fourth-order valence-electron chi connectivity index (χ4n) is 8.89. The van der Waals surface area contributed by atoms with E-state index in [2.05, 4.69) is 236 Å². The maximum atomic E-state index is 7.00. The minimum Gasteiger partial charge on any atom is -0.457 e. The van der Waals surface area contributed by atoms with Crippen LogP contribution in [0.5, 0.6) is 11.5 Å². The molecule has 0 N–H and O–H groups in total. The summed E-state index contributed by atoms with van der Waals surface area (Å²) in [5.41, 5.74) is 12.8. The zero-order valence-electron chi connectivity index (χ0n) is 38.3. The van der Waals surface area contributed by atoms with Crippen LogP contribution >= 0.6 is 0 Å². The molecule has 0 unspecified atom stereocenters. The van der Waals surface area contributed by atoms with Crippen LogP contribution in [0.4, 0.5) is 22.7 Å². The van der Waals surface area contributed by atoms with Crippen molar-refractivity contribution < 1.29 is 4.74 Å². The highest BCUT2D eigenvalue weighted by atomic mass is 16.5. The molecule has 0 saturated heterocycles. The number of hydrogen-bond donors (Lipinski definition) is 0. The smallest absolute Gasteiger partial charge is 0.137 e. The molecule has 3 heterocycles. The summed E-state index contributed by atoms with van der Waals surface area (Å²) in [7, 11) is 0. The van der Waals surface area contributed by atoms with Crippen LogP contribution < -0.4 is 14.5 Å². The van der Waals surface area contributed by atoms with Crippen molar-refractivity contribution in [2.24, 2.45) is 0 Å². The van der Waals surface area contributed by atoms with Crippen molar-refractivity contribution in [3.05, 3.63) is 180 Å². The maximum absolute atomic E-state index is 7.00. The first-order valence-electron chi connectivity index (χ1n) is 22.1. The van der Waals surface area contributed by atoms with Crippen molar-refractivity contribution in [1.29, 1.82) is 0 Å². The Bertz CT molecular complexity index is 2950. The van der Waals surface area contributed by atoms with E-state index in [-0.39, 0.29) is 21.7 Å². The topological polar surface area (TPSA) is 33.5 Å². The van der Waals surface area contributed by atoms with Gasteiger partial charge in [-0.15, -0.1) is 0 Å². The fraction of sp³-hybridized carbons (Fsp3) is 0.281. The van der Waals surface area contributed by atoms with Crippen molar-refractivity contribution in [3.63, 3.8) is 0 Å². The van der Waals surface area contributed by atoms with Crippen molar-refractivity contribution in [2.75, 3.05) is 16.5 Å². The summed E-state index contributed by atoms with van der Waals surface area (Å²) in [6, 6.07) is 53.2. The van der Waals surface area contributed by atoms with E-state index in [1.54, 1.807) is 0 Å². The third kappa shape index (κ3) is 7.52. The predicted molar refractivity (Wildman–Crippen MR) is 262 cm³/mol. The molecular weight excluding hydrogens is 757 g/mol. The summed E-state index contributed by atoms with van der Waals surface area (Å²) in [6.45, 7) is 25.8. The van der Waals surface area contributed by atoms with Crippen LogP contribution in [0.25, 0.3) is 27.6 Å². The third-order valence-corrected chi connectivity index (χ3v) is 12.9. The maximum Gasteiger partial charge on any atom is 0.137 e. The van der Waals surface area contributed by atoms with E-state index in [0.29, 0.717) is 6.67 Å². The molecule has 8 aromatic rings. The number of para-hydroxylation sites is 1. The van der Waals surface area contributed by atoms with Gasteiger partial charge in [0.25, 0.3) is 0 Å². The Morgan fingerprint density at radius 1 is 0.435 bits per heavy atom. The number of aromatic nitrogens is 2. The second-order valence-electron chi connectivity index (χ2n) is 20.7. The van der Waals surface area contributed by atoms with Gasteiger partial charge in [0.2, 0.25) is 0 Å². The van der Waals surface area contributed by atoms with Gasteiger partial charge in [0.1, 0.15) is 24.0 Å². The Hall–Kier alpha value is -6.33. The van der Waals surface area contributed by atoms with Gasteiger partial charge in [0.15, 0.2) is 0 Å². The lowest BCUT2D eigenvalue weighted by Crippen LogP contribution is -2.25. The van der Waals surface area contributed by atoms with Crippen molar-refractivity contribution in [2.45, 2.75) is 97.8 Å². The molecule has 0 atom stereocenters. The average Bonchev–Trinajstić information content (AvgIpc) is 3.79. The molecule has 9 rings (SSSR count). The second-order valence-corrected chi connectivity index (χ2v) is 20.7. The molecular formula is C57H60N4O. The summed E-state index contributed by atoms with van der Waals surface area (Å²) in [5.74, 6) is 2.48. The molecule has 0 radical (unpaired) electrons. The van der Waals surface area contributed by atoms with Gasteiger partial charge in [-0.05, 0) is 111 Å². The lowest BCUT2D eigenvalue weighted by atomic mass is 9.78. The van der Waals surface area contributed by atoms with E-state index >= 15 is 0 Å². The van der Waals surface area contributed by atoms with Crippen molar-refractivity contribution in [1.82, 2.24) is 9.55 Å². The number of ether oxygens (including phenoxy) is 1. The van der Waals surface area contributed by atoms with Gasteiger partial charge >= 0.3 is 0 Å². The fourth-order valence-corrected chi connectivity index (χ4v) is 8.89. The van der Waals surface area contributed by atoms with Crippen LogP contribution in [0.2, 0.25) is 0 Å². The van der Waals surface area contributed by atoms with Crippen LogP contribution in [0.15, 0.2) is 152 Å². The molecule has 314 valence electrons. The van der Waals surface area contributed by atoms with E-state index < -0.39 is 0 Å². The highest BCUT2D eigenvalue weighted by molar-refractivity contribution is 6.09. The first kappa shape index (κ1) is 41.0. The predicted octanol–water partition coefficient (Wildman–Crippen LogP) is 15.4. The van der Waals surface area contributed by atoms with Gasteiger partial charge in [0.05, 0.1) is 22.4 Å². The standard InChI is InChI=1S/C57H60N4O/c1-54(2,3)39-20-17-21-43(30-39)59-37-60(52-33-41(24-27-50(52)59)57(10,11)38-18-13-12-14-19-38)44-31-42(56(7,8)9)32-46(35-44)62-45-25-26-48-47-22-15-16-23-49(47)61(51(48)36-45)53-34-40(28-29-58-53)55(4,5)6/h12-36H,37H2,1-11H3. The van der Waals surface area contributed by atoms with Crippen LogP contribution in [-0.2, 0) is 21.7 Å². The van der Waals surface area contributed by atoms with Gasteiger partial charge in [0, 0.05) is 45.9 Å². The minimum absolute atomic E-state index is 0.0104. The van der Waals surface area contributed by atoms with E-state index in [1.165, 1.54) is 55.7 Å². The monoisotopic (exact) mass is 816 g/mol. The van der Waals surface area contributed by atoms with Crippen LogP contribution in [0.3, 0.4) is 0 Å². The lowest BCUT2D eigenvalue weighted by molar-refractivity contribution is 0.479. The SMILES string of the molecule is CC(C)(C)c1cccc(N2CN(c3cc(Oc4ccc5c6ccccc6n(-c6cc(C(C)(C)C)ccn6)c5c4)cc(C(C)(C)C)c3)c3cc(C(C)(C)c4ccccc4)ccc32)c1. The first-order valence-corrected chi connectivity index (χ1v) is 22.1. The van der Waals surface area contributed by atoms with Gasteiger partial charge < -0.3 is 14.5 Å². The Kier molecular flexibility index (Phi) is 9.89. The van der Waals surface area contributed by atoms with Crippen LogP contribution in [-0.4, -0.2) is 16.2 Å². The number of benzene rings is 6. The zero-order chi connectivity index (χ0) is 43.8. The van der Waals surface area contributed by atoms with Gasteiger partial charge in [-0.3, -0.25) is 4.57 Å². The van der Waals surface area contributed by atoms with Crippen LogP contribution in [0.1, 0.15) is 104 Å². The molecule has 1 aliphatic heterocycles. The van der Waals surface area contributed by atoms with Gasteiger partial charge in [-0.2, -0.15) is 0 Å². The number of nitrogens with zero attached hydrogens (tertiary/aromatic N) is 4. The molecule has 0 bridgehead atoms. The third-order valence-electron chi connectivity index (χ3n) is 12.9. The molecule has 6 aromatic carbocycles. The van der Waals surface area contributed by atoms with Gasteiger partial charge in [-0.25, -0.2) is 4.98 Å². The van der Waals surface area contributed by atoms with E-state index in [9.17, 15) is 0 Å². The van der Waals surface area contributed by atoms with E-state index in [1.807, 2.05) is 6.20 Å². The number of rotatable bonds is 7. The molecule has 0 fully saturated rings. The molecule has 5 nitrogen and oxygen atoms in total. The van der Waals surface area contributed by atoms with E-state index in [4.69, 9.17) is 9.72 Å². The Morgan fingerprint density at radius 3 is 1.82 bits per heavy atom. The largest absolute Gasteiger partial charge is 0.457 e. The molecule has 0 amide bonds. The lowest BCUT2D eigenvalue weighted by Gasteiger charge is -2.28. The zero-order valence-corrected chi connectivity index (χ0v) is 38.3. The minimum atomic E-state index is -0.201. The summed E-state index contributed by atoms with van der Waals surface area (Å²) in [4.78, 5) is 9.85. The summed E-state index contributed by atoms with van der Waals surface area (Å²) in [6.07, 6.45) is 1.93. The van der Waals surface area contributed by atoms with Crippen molar-refractivity contribution >= 4 is 44.6 Å². The Morgan fingerprint density at radius 2 is 1.08 bits per heavy atom. The summed E-state index contributed by atoms with van der Waals surface area (Å²) >= 11 is 0. The molecule has 0 saturated carbocycles. The Labute approximate surface area is 368 Å². The normalized spacial score (nSPS) is 13.6. The van der Waals surface area contributed by atoms with Crippen LogP contribution in [0, 0.1) is 0 Å². The summed E-state index contributed by atoms with van der Waals surface area (Å²) in [5, 5.41) is 2.35. The molecule has 62 heavy (non-hydrogen) atoms. The highest BCUT2D eigenvalue weighted by Crippen LogP contribution is 2.49. The van der Waals surface area contributed by atoms with Gasteiger partial charge in [-0.1, -0.05) is 143 Å². The quantitative estimate of drug-likeness (QED) is 0.160. The second kappa shape index (κ2) is 14.9. The highest BCUT2D eigenvalue weighted by Gasteiger charge is 2.33. The first-order chi connectivity index (χ1) is 29.4. The molecule has 0 aliphatic carbocycles. The summed E-state index contributed by atoms with van der Waals surface area (Å²) < 4.78 is 9.28. The number of fused-ring (bicyclic) bond motifs is 4. The molecule has 0 spiro atoms. The molecule has 1 aliphatic rings. The number of hydrogen-bond acceptors (Lipinski definition) is 4. The van der Waals surface area contributed by atoms with E-state index in [0.717, 1.165) is 34.0 Å². The number of pyridine rings is 1. The molecule has 5 heteroatoms. The Balaban J connectivity index is 1.17.